The molecule has 2 heterocycles. The van der Waals surface area contributed by atoms with Crippen LogP contribution in [0, 0.1) is 11.6 Å². The number of rotatable bonds is 11. The van der Waals surface area contributed by atoms with Crippen LogP contribution in [0.5, 0.6) is 5.88 Å². The number of fused-ring (bicyclic) bond motifs is 1. The van der Waals surface area contributed by atoms with Gasteiger partial charge in [-0.1, -0.05) is 31.2 Å². The van der Waals surface area contributed by atoms with Crippen LogP contribution in [-0.2, 0) is 9.53 Å². The van der Waals surface area contributed by atoms with E-state index in [9.17, 15) is 14.0 Å². The number of ether oxygens (including phenoxy) is 2. The van der Waals surface area contributed by atoms with Gasteiger partial charge in [0.15, 0.2) is 0 Å². The quantitative estimate of drug-likeness (QED) is 0.174. The zero-order chi connectivity index (χ0) is 33.4. The van der Waals surface area contributed by atoms with Crippen molar-refractivity contribution in [3.8, 4) is 5.88 Å². The average Bonchev–Trinajstić information content (AvgIpc) is 3.42. The van der Waals surface area contributed by atoms with Crippen molar-refractivity contribution in [2.75, 3.05) is 33.8 Å². The van der Waals surface area contributed by atoms with E-state index in [1.165, 1.54) is 28.0 Å². The van der Waals surface area contributed by atoms with Crippen LogP contribution in [0.25, 0.3) is 22.0 Å². The third-order valence-corrected chi connectivity index (χ3v) is 7.03. The number of benzene rings is 2. The number of H-pyrrole nitrogens is 1. The number of para-hydroxylation sites is 1. The van der Waals surface area contributed by atoms with Crippen molar-refractivity contribution >= 4 is 34.0 Å². The maximum absolute atomic E-state index is 15.1. The largest absolute Gasteiger partial charge is 0.476 e. The number of aromatic amines is 1. The number of carbonyl (C=O) groups is 2. The van der Waals surface area contributed by atoms with Gasteiger partial charge in [-0.15, -0.1) is 0 Å². The third-order valence-electron chi connectivity index (χ3n) is 7.03. The summed E-state index contributed by atoms with van der Waals surface area (Å²) in [6.07, 6.45) is 4.59. The highest BCUT2D eigenvalue weighted by Crippen LogP contribution is 2.36. The van der Waals surface area contributed by atoms with Crippen LogP contribution in [0.15, 0.2) is 79.0 Å². The van der Waals surface area contributed by atoms with E-state index >= 15 is 4.39 Å². The number of hydrogen-bond acceptors (Lipinski definition) is 5. The average molecular weight is 631 g/mol. The first kappa shape index (κ1) is 33.9. The van der Waals surface area contributed by atoms with E-state index in [0.29, 0.717) is 29.0 Å². The molecule has 4 rings (SSSR count). The third kappa shape index (κ3) is 8.80. The van der Waals surface area contributed by atoms with E-state index in [1.54, 1.807) is 53.2 Å². The Morgan fingerprint density at radius 1 is 1.02 bits per heavy atom. The summed E-state index contributed by atoms with van der Waals surface area (Å²) in [5.74, 6) is -1.16. The molecule has 0 bridgehead atoms. The van der Waals surface area contributed by atoms with Crippen molar-refractivity contribution in [1.29, 1.82) is 0 Å². The predicted octanol–water partition coefficient (Wildman–Crippen LogP) is 7.47. The van der Waals surface area contributed by atoms with Crippen LogP contribution >= 0.6 is 0 Å². The fraction of sp³-hybridized carbons (Fsp3) is 0.306. The Balaban J connectivity index is 1.59. The zero-order valence-electron chi connectivity index (χ0n) is 27.1. The van der Waals surface area contributed by atoms with Crippen LogP contribution in [0.3, 0.4) is 0 Å². The van der Waals surface area contributed by atoms with Crippen LogP contribution in [-0.4, -0.2) is 71.2 Å². The summed E-state index contributed by atoms with van der Waals surface area (Å²) in [6, 6.07) is 17.0. The second-order valence-corrected chi connectivity index (χ2v) is 11.9. The maximum Gasteiger partial charge on any atom is 0.410 e. The molecule has 0 atom stereocenters. The van der Waals surface area contributed by atoms with E-state index in [1.807, 2.05) is 43.3 Å². The number of pyridine rings is 1. The fourth-order valence-corrected chi connectivity index (χ4v) is 4.82. The minimum Gasteiger partial charge on any atom is -0.476 e. The number of nitrogens with one attached hydrogen (secondary N) is 1. The van der Waals surface area contributed by atoms with Crippen LogP contribution in [0.1, 0.15) is 50.9 Å². The second kappa shape index (κ2) is 14.9. The standard InChI is InChI=1S/C36H40F2N4O4/c1-7-27(28-16-15-26(37)22-29(28)38)34(31-21-24-11-8-9-12-30(24)40-31)25-14-17-32(39-23-25)45-20-19-42(35(44)46-36(2,3)4)18-10-13-33(43)41(5)6/h8-17,21-23,40H,7,18-20H2,1-6H3/b13-10+,34-27+. The smallest absolute Gasteiger partial charge is 0.410 e. The number of aromatic nitrogens is 2. The predicted molar refractivity (Wildman–Crippen MR) is 176 cm³/mol. The number of allylic oxidation sites excluding steroid dienone is 1. The highest BCUT2D eigenvalue weighted by molar-refractivity contribution is 6.00. The molecule has 0 saturated heterocycles. The molecule has 46 heavy (non-hydrogen) atoms. The van der Waals surface area contributed by atoms with Crippen molar-refractivity contribution in [2.24, 2.45) is 0 Å². The van der Waals surface area contributed by atoms with Crippen molar-refractivity contribution < 1.29 is 27.8 Å². The van der Waals surface area contributed by atoms with E-state index in [2.05, 4.69) is 9.97 Å². The molecule has 2 aromatic heterocycles. The Kier molecular flexibility index (Phi) is 10.9. The Hall–Kier alpha value is -4.99. The van der Waals surface area contributed by atoms with E-state index in [-0.39, 0.29) is 25.6 Å². The van der Waals surface area contributed by atoms with E-state index in [0.717, 1.165) is 28.2 Å². The molecule has 0 saturated carbocycles. The summed E-state index contributed by atoms with van der Waals surface area (Å²) < 4.78 is 40.3. The van der Waals surface area contributed by atoms with Gasteiger partial charge in [-0.05, 0) is 63.1 Å². The lowest BCUT2D eigenvalue weighted by Crippen LogP contribution is -2.39. The number of likely N-dealkylation sites (N-methyl/N-ethyl adjacent to an activating group) is 1. The lowest BCUT2D eigenvalue weighted by Gasteiger charge is -2.26. The van der Waals surface area contributed by atoms with Gasteiger partial charge in [0.25, 0.3) is 0 Å². The first-order chi connectivity index (χ1) is 21.9. The monoisotopic (exact) mass is 630 g/mol. The molecule has 0 aliphatic rings. The number of halogens is 2. The minimum atomic E-state index is -0.693. The maximum atomic E-state index is 15.1. The number of hydrogen-bond donors (Lipinski definition) is 1. The molecular weight excluding hydrogens is 590 g/mol. The lowest BCUT2D eigenvalue weighted by atomic mass is 9.91. The summed E-state index contributed by atoms with van der Waals surface area (Å²) >= 11 is 0. The SMILES string of the molecule is CC/C(=C(/c1ccc(OCCN(C/C=C/C(=O)N(C)C)C(=O)OC(C)(C)C)nc1)c1cc2ccccc2[nH]1)c1ccc(F)cc1F. The summed E-state index contributed by atoms with van der Waals surface area (Å²) in [6.45, 7) is 7.72. The summed E-state index contributed by atoms with van der Waals surface area (Å²) in [5, 5.41) is 0.994. The van der Waals surface area contributed by atoms with Gasteiger partial charge in [0.1, 0.15) is 23.8 Å². The molecule has 4 aromatic rings. The molecule has 1 N–H and O–H groups in total. The summed E-state index contributed by atoms with van der Waals surface area (Å²) in [5.41, 5.74) is 3.44. The van der Waals surface area contributed by atoms with Crippen LogP contribution < -0.4 is 4.74 Å². The van der Waals surface area contributed by atoms with Crippen molar-refractivity contribution in [3.05, 3.63) is 107 Å². The van der Waals surface area contributed by atoms with Gasteiger partial charge in [0, 0.05) is 78.3 Å². The van der Waals surface area contributed by atoms with Gasteiger partial charge in [-0.25, -0.2) is 18.6 Å². The van der Waals surface area contributed by atoms with Gasteiger partial charge in [0.2, 0.25) is 11.8 Å². The Morgan fingerprint density at radius 2 is 1.78 bits per heavy atom. The van der Waals surface area contributed by atoms with E-state index < -0.39 is 23.3 Å². The minimum absolute atomic E-state index is 0.118. The molecule has 242 valence electrons. The van der Waals surface area contributed by atoms with Gasteiger partial charge >= 0.3 is 6.09 Å². The van der Waals surface area contributed by atoms with E-state index in [4.69, 9.17) is 9.47 Å². The molecule has 0 unspecified atom stereocenters. The van der Waals surface area contributed by atoms with Gasteiger partial charge in [-0.2, -0.15) is 0 Å². The Bertz CT molecular complexity index is 1700. The van der Waals surface area contributed by atoms with Crippen molar-refractivity contribution in [1.82, 2.24) is 19.8 Å². The number of nitrogens with zero attached hydrogens (tertiary/aromatic N) is 3. The fourth-order valence-electron chi connectivity index (χ4n) is 4.82. The molecule has 2 amide bonds. The lowest BCUT2D eigenvalue weighted by molar-refractivity contribution is -0.123. The molecule has 0 fully saturated rings. The van der Waals surface area contributed by atoms with Crippen LogP contribution in [0.4, 0.5) is 13.6 Å². The summed E-state index contributed by atoms with van der Waals surface area (Å²) in [4.78, 5) is 35.6. The second-order valence-electron chi connectivity index (χ2n) is 11.9. The molecule has 0 aliphatic carbocycles. The van der Waals surface area contributed by atoms with Gasteiger partial charge in [0.05, 0.1) is 6.54 Å². The highest BCUT2D eigenvalue weighted by atomic mass is 19.1. The Labute approximate surface area is 268 Å². The molecule has 0 aliphatic heterocycles. The van der Waals surface area contributed by atoms with Gasteiger partial charge < -0.3 is 24.3 Å². The zero-order valence-corrected chi connectivity index (χ0v) is 27.1. The Morgan fingerprint density at radius 3 is 2.41 bits per heavy atom. The highest BCUT2D eigenvalue weighted by Gasteiger charge is 2.22. The molecular formula is C36H40F2N4O4. The first-order valence-corrected chi connectivity index (χ1v) is 15.1. The van der Waals surface area contributed by atoms with Gasteiger partial charge in [-0.3, -0.25) is 4.79 Å². The van der Waals surface area contributed by atoms with Crippen molar-refractivity contribution in [3.63, 3.8) is 0 Å². The number of amides is 2. The molecule has 10 heteroatoms. The molecule has 0 radical (unpaired) electrons. The molecule has 0 spiro atoms. The van der Waals surface area contributed by atoms with Crippen molar-refractivity contribution in [2.45, 2.75) is 39.7 Å². The first-order valence-electron chi connectivity index (χ1n) is 15.1. The normalized spacial score (nSPS) is 12.3. The molecule has 2 aromatic carbocycles. The molecule has 8 nitrogen and oxygen atoms in total. The van der Waals surface area contributed by atoms with Crippen LogP contribution in [0.2, 0.25) is 0 Å². The topological polar surface area (TPSA) is 87.8 Å². The summed E-state index contributed by atoms with van der Waals surface area (Å²) in [7, 11) is 3.29. The number of carbonyl (C=O) groups excluding carboxylic acids is 2.